The van der Waals surface area contributed by atoms with Crippen LogP contribution in [0.1, 0.15) is 46.8 Å². The molecule has 0 aliphatic carbocycles. The zero-order chi connectivity index (χ0) is 27.9. The summed E-state index contributed by atoms with van der Waals surface area (Å²) in [6, 6.07) is -0.569. The Morgan fingerprint density at radius 3 is 2.03 bits per heavy atom. The molecule has 3 rings (SSSR count). The van der Waals surface area contributed by atoms with E-state index in [1.807, 2.05) is 0 Å². The van der Waals surface area contributed by atoms with Crippen molar-refractivity contribution in [1.82, 2.24) is 15.1 Å². The van der Waals surface area contributed by atoms with Gasteiger partial charge in [-0.15, -0.1) is 0 Å². The van der Waals surface area contributed by atoms with Crippen LogP contribution in [-0.4, -0.2) is 42.5 Å². The minimum atomic E-state index is -5.10. The summed E-state index contributed by atoms with van der Waals surface area (Å²) < 4.78 is 134. The Bertz CT molecular complexity index is 1110. The van der Waals surface area contributed by atoms with Crippen LogP contribution in [0.3, 0.4) is 0 Å². The largest absolute Gasteiger partial charge is 0.416 e. The van der Waals surface area contributed by atoms with Crippen molar-refractivity contribution in [3.63, 3.8) is 0 Å². The van der Waals surface area contributed by atoms with Crippen LogP contribution in [0.4, 0.5) is 48.7 Å². The summed E-state index contributed by atoms with van der Waals surface area (Å²) in [6.07, 6.45) is -15.1. The summed E-state index contributed by atoms with van der Waals surface area (Å²) in [7, 11) is 1.12. The maximum atomic E-state index is 13.6. The van der Waals surface area contributed by atoms with Gasteiger partial charge in [-0.1, -0.05) is 6.07 Å². The Morgan fingerprint density at radius 2 is 1.51 bits per heavy atom. The molecular formula is C23H21F10N3O. The second kappa shape index (κ2) is 10.0. The monoisotopic (exact) mass is 545 g/mol. The highest BCUT2D eigenvalue weighted by Gasteiger charge is 2.41. The van der Waals surface area contributed by atoms with E-state index in [9.17, 15) is 48.7 Å². The molecule has 1 N–H and O–H groups in total. The van der Waals surface area contributed by atoms with Gasteiger partial charge in [0.1, 0.15) is 5.82 Å². The zero-order valence-electron chi connectivity index (χ0n) is 19.3. The first kappa shape index (κ1) is 28.5. The molecule has 0 bridgehead atoms. The lowest BCUT2D eigenvalue weighted by atomic mass is 9.96. The lowest BCUT2D eigenvalue weighted by molar-refractivity contribution is -0.143. The molecule has 2 aromatic rings. The first-order valence-corrected chi connectivity index (χ1v) is 10.8. The third kappa shape index (κ3) is 6.28. The van der Waals surface area contributed by atoms with Gasteiger partial charge in [0.2, 0.25) is 0 Å². The van der Waals surface area contributed by atoms with Crippen molar-refractivity contribution < 1.29 is 48.7 Å². The van der Waals surface area contributed by atoms with Gasteiger partial charge in [-0.05, 0) is 48.4 Å². The van der Waals surface area contributed by atoms with Gasteiger partial charge >= 0.3 is 24.6 Å². The number of rotatable bonds is 3. The molecule has 1 saturated heterocycles. The first-order valence-electron chi connectivity index (χ1n) is 10.8. The van der Waals surface area contributed by atoms with Crippen molar-refractivity contribution in [1.29, 1.82) is 0 Å². The van der Waals surface area contributed by atoms with Crippen LogP contribution < -0.4 is 5.32 Å². The van der Waals surface area contributed by atoms with E-state index in [2.05, 4.69) is 5.32 Å². The van der Waals surface area contributed by atoms with E-state index in [-0.39, 0.29) is 25.7 Å². The quantitative estimate of drug-likeness (QED) is 0.439. The predicted molar refractivity (Wildman–Crippen MR) is 112 cm³/mol. The summed E-state index contributed by atoms with van der Waals surface area (Å²) in [6.45, 7) is 1.09. The second-order valence-corrected chi connectivity index (χ2v) is 8.55. The van der Waals surface area contributed by atoms with E-state index >= 15 is 0 Å². The molecule has 1 aliphatic rings. The van der Waals surface area contributed by atoms with Crippen LogP contribution in [0.5, 0.6) is 0 Å². The van der Waals surface area contributed by atoms with Gasteiger partial charge in [0.25, 0.3) is 0 Å². The summed E-state index contributed by atoms with van der Waals surface area (Å²) in [5, 5.41) is 2.84. The number of nitrogens with zero attached hydrogens (tertiary/aromatic N) is 2. The number of halogens is 10. The topological polar surface area (TPSA) is 35.6 Å². The van der Waals surface area contributed by atoms with E-state index in [1.165, 1.54) is 6.92 Å². The molecule has 0 saturated carbocycles. The van der Waals surface area contributed by atoms with Crippen molar-refractivity contribution in [2.75, 3.05) is 26.7 Å². The average molecular weight is 545 g/mol. The number of alkyl halides is 9. The van der Waals surface area contributed by atoms with Gasteiger partial charge in [0, 0.05) is 26.7 Å². The Hall–Kier alpha value is -3.03. The van der Waals surface area contributed by atoms with Crippen LogP contribution in [0.25, 0.3) is 0 Å². The Balaban J connectivity index is 1.99. The van der Waals surface area contributed by atoms with Crippen LogP contribution in [0.15, 0.2) is 36.4 Å². The van der Waals surface area contributed by atoms with Crippen molar-refractivity contribution in [3.05, 3.63) is 70.0 Å². The van der Waals surface area contributed by atoms with Gasteiger partial charge in [-0.2, -0.15) is 39.5 Å². The number of hydrogen-bond donors (Lipinski definition) is 1. The number of carbonyl (C=O) groups is 1. The predicted octanol–water partition coefficient (Wildman–Crippen LogP) is 6.64. The van der Waals surface area contributed by atoms with Crippen molar-refractivity contribution in [2.45, 2.75) is 37.5 Å². The standard InChI is InChI=1S/C23H21F10N3O/c1-12(13-7-14(21(25,26)27)9-15(8-13)22(28,29)30)35(2)20(37)36-6-5-34-11-19(36)17-4-3-16(24)10-18(17)23(31,32)33/h3-4,7-10,12,19,34H,5-6,11H2,1-2H3/t12-,19-/m1/s1. The number of nitrogens with one attached hydrogen (secondary N) is 1. The summed E-state index contributed by atoms with van der Waals surface area (Å²) >= 11 is 0. The summed E-state index contributed by atoms with van der Waals surface area (Å²) in [5.74, 6) is -1.14. The van der Waals surface area contributed by atoms with E-state index in [0.717, 1.165) is 29.0 Å². The third-order valence-corrected chi connectivity index (χ3v) is 6.14. The minimum Gasteiger partial charge on any atom is -0.321 e. The molecule has 0 unspecified atom stereocenters. The highest BCUT2D eigenvalue weighted by Crippen LogP contribution is 2.40. The Morgan fingerprint density at radius 1 is 0.946 bits per heavy atom. The van der Waals surface area contributed by atoms with Crippen molar-refractivity contribution in [2.24, 2.45) is 0 Å². The van der Waals surface area contributed by atoms with Crippen LogP contribution in [0, 0.1) is 5.82 Å². The SMILES string of the molecule is C[C@H](c1cc(C(F)(F)F)cc(C(F)(F)F)c1)N(C)C(=O)N1CCNC[C@@H]1c1ccc(F)cc1C(F)(F)F. The number of urea groups is 1. The molecule has 37 heavy (non-hydrogen) atoms. The maximum absolute atomic E-state index is 13.6. The fourth-order valence-corrected chi connectivity index (χ4v) is 4.09. The molecule has 1 aliphatic heterocycles. The number of hydrogen-bond acceptors (Lipinski definition) is 2. The average Bonchev–Trinajstić information content (AvgIpc) is 2.80. The molecule has 2 atom stereocenters. The van der Waals surface area contributed by atoms with Gasteiger partial charge in [-0.3, -0.25) is 0 Å². The van der Waals surface area contributed by atoms with Crippen LogP contribution in [-0.2, 0) is 18.5 Å². The summed E-state index contributed by atoms with van der Waals surface area (Å²) in [5.41, 5.74) is -5.31. The van der Waals surface area contributed by atoms with E-state index in [1.54, 1.807) is 0 Å². The van der Waals surface area contributed by atoms with E-state index in [4.69, 9.17) is 0 Å². The minimum absolute atomic E-state index is 0.0441. The van der Waals surface area contributed by atoms with Crippen LogP contribution >= 0.6 is 0 Å². The van der Waals surface area contributed by atoms with Gasteiger partial charge in [0.05, 0.1) is 28.8 Å². The first-order chi connectivity index (χ1) is 16.9. The molecule has 0 aromatic heterocycles. The van der Waals surface area contributed by atoms with E-state index < -0.39 is 70.3 Å². The molecule has 4 nitrogen and oxygen atoms in total. The van der Waals surface area contributed by atoms with Gasteiger partial charge in [-0.25, -0.2) is 9.18 Å². The fourth-order valence-electron chi connectivity index (χ4n) is 4.09. The Labute approximate surface area is 204 Å². The molecule has 1 heterocycles. The molecule has 1 fully saturated rings. The smallest absolute Gasteiger partial charge is 0.321 e. The number of benzene rings is 2. The van der Waals surface area contributed by atoms with Crippen LogP contribution in [0.2, 0.25) is 0 Å². The van der Waals surface area contributed by atoms with Crippen molar-refractivity contribution in [3.8, 4) is 0 Å². The number of carbonyl (C=O) groups excluding carboxylic acids is 1. The Kier molecular flexibility index (Phi) is 7.73. The van der Waals surface area contributed by atoms with Crippen molar-refractivity contribution >= 4 is 6.03 Å². The van der Waals surface area contributed by atoms with Gasteiger partial charge in [0.15, 0.2) is 0 Å². The summed E-state index contributed by atoms with van der Waals surface area (Å²) in [4.78, 5) is 15.2. The molecule has 14 heteroatoms. The fraction of sp³-hybridized carbons (Fsp3) is 0.435. The molecular weight excluding hydrogens is 524 g/mol. The molecule has 2 amide bonds. The molecule has 204 valence electrons. The lowest BCUT2D eigenvalue weighted by Gasteiger charge is -2.41. The zero-order valence-corrected chi connectivity index (χ0v) is 19.3. The lowest BCUT2D eigenvalue weighted by Crippen LogP contribution is -2.53. The highest BCUT2D eigenvalue weighted by atomic mass is 19.4. The highest BCUT2D eigenvalue weighted by molar-refractivity contribution is 5.75. The van der Waals surface area contributed by atoms with E-state index in [0.29, 0.717) is 18.2 Å². The molecule has 0 spiro atoms. The maximum Gasteiger partial charge on any atom is 0.416 e. The normalized spacial score (nSPS) is 18.1. The molecule has 0 radical (unpaired) electrons. The molecule has 2 aromatic carbocycles. The second-order valence-electron chi connectivity index (χ2n) is 8.55. The number of amides is 2. The van der Waals surface area contributed by atoms with Gasteiger partial charge < -0.3 is 15.1 Å². The number of piperazine rings is 1. The third-order valence-electron chi connectivity index (χ3n) is 6.14.